The van der Waals surface area contributed by atoms with Gasteiger partial charge in [0.25, 0.3) is 0 Å². The van der Waals surface area contributed by atoms with Crippen molar-refractivity contribution >= 4 is 5.96 Å². The minimum absolute atomic E-state index is 0.435. The Morgan fingerprint density at radius 2 is 1.93 bits per heavy atom. The molecule has 1 aliphatic heterocycles. The fourth-order valence-electron chi connectivity index (χ4n) is 4.43. The van der Waals surface area contributed by atoms with E-state index in [2.05, 4.69) is 69.9 Å². The molecule has 27 heavy (non-hydrogen) atoms. The molecule has 1 aliphatic carbocycles. The first-order chi connectivity index (χ1) is 13.2. The molecule has 3 rings (SSSR count). The van der Waals surface area contributed by atoms with Crippen molar-refractivity contribution in [3.05, 3.63) is 35.9 Å². The Hall–Kier alpha value is -1.59. The van der Waals surface area contributed by atoms with E-state index in [0.29, 0.717) is 12.1 Å². The van der Waals surface area contributed by atoms with E-state index >= 15 is 0 Å². The van der Waals surface area contributed by atoms with E-state index < -0.39 is 0 Å². The number of benzene rings is 1. The number of nitrogens with one attached hydrogen (secondary N) is 2. The number of likely N-dealkylation sites (tertiary alicyclic amines) is 1. The van der Waals surface area contributed by atoms with Gasteiger partial charge in [0.15, 0.2) is 5.96 Å². The van der Waals surface area contributed by atoms with Crippen LogP contribution in [0.2, 0.25) is 0 Å². The molecule has 1 saturated carbocycles. The minimum Gasteiger partial charge on any atom is -0.355 e. The van der Waals surface area contributed by atoms with Crippen molar-refractivity contribution in [3.63, 3.8) is 0 Å². The third-order valence-electron chi connectivity index (χ3n) is 6.17. The average molecular weight is 372 g/mol. The van der Waals surface area contributed by atoms with Crippen molar-refractivity contribution in [2.75, 3.05) is 40.8 Å². The van der Waals surface area contributed by atoms with E-state index in [9.17, 15) is 0 Å². The Morgan fingerprint density at radius 3 is 2.59 bits per heavy atom. The highest BCUT2D eigenvalue weighted by atomic mass is 15.3. The maximum Gasteiger partial charge on any atom is 0.191 e. The van der Waals surface area contributed by atoms with Crippen LogP contribution in [0.15, 0.2) is 35.3 Å². The Labute approximate surface area is 165 Å². The van der Waals surface area contributed by atoms with Crippen LogP contribution < -0.4 is 10.6 Å². The van der Waals surface area contributed by atoms with Crippen LogP contribution in [-0.2, 0) is 6.42 Å². The number of likely N-dealkylation sites (N-methyl/N-ethyl adjacent to an activating group) is 1. The predicted octanol–water partition coefficient (Wildman–Crippen LogP) is 2.34. The molecule has 2 fully saturated rings. The van der Waals surface area contributed by atoms with E-state index in [0.717, 1.165) is 31.5 Å². The van der Waals surface area contributed by atoms with Crippen LogP contribution in [0.25, 0.3) is 0 Å². The van der Waals surface area contributed by atoms with E-state index in [-0.39, 0.29) is 0 Å². The average Bonchev–Trinajstić information content (AvgIpc) is 3.36. The normalized spacial score (nSPS) is 23.1. The van der Waals surface area contributed by atoms with Gasteiger partial charge in [0.2, 0.25) is 0 Å². The molecule has 1 heterocycles. The second-order valence-corrected chi connectivity index (χ2v) is 8.32. The van der Waals surface area contributed by atoms with Gasteiger partial charge in [0, 0.05) is 44.8 Å². The largest absolute Gasteiger partial charge is 0.355 e. The van der Waals surface area contributed by atoms with Crippen LogP contribution >= 0.6 is 0 Å². The van der Waals surface area contributed by atoms with Gasteiger partial charge < -0.3 is 15.5 Å². The second-order valence-electron chi connectivity index (χ2n) is 8.32. The third kappa shape index (κ3) is 5.94. The Balaban J connectivity index is 1.46. The Kier molecular flexibility index (Phi) is 7.53. The maximum absolute atomic E-state index is 4.47. The highest BCUT2D eigenvalue weighted by molar-refractivity contribution is 5.80. The topological polar surface area (TPSA) is 42.9 Å². The van der Waals surface area contributed by atoms with Crippen LogP contribution in [0, 0.1) is 0 Å². The number of hydrogen-bond acceptors (Lipinski definition) is 3. The molecule has 0 amide bonds. The molecule has 0 aromatic heterocycles. The number of hydrogen-bond donors (Lipinski definition) is 2. The van der Waals surface area contributed by atoms with Crippen molar-refractivity contribution in [1.29, 1.82) is 0 Å². The first kappa shape index (κ1) is 20.2. The summed E-state index contributed by atoms with van der Waals surface area (Å²) < 4.78 is 0. The number of rotatable bonds is 7. The SMILES string of the molecule is CN=C(NCC(Cc1ccccc1)N(C)C)NC1CCN(C2CCCC2)C1. The lowest BCUT2D eigenvalue weighted by atomic mass is 10.1. The zero-order valence-corrected chi connectivity index (χ0v) is 17.3. The molecule has 1 aromatic rings. The Morgan fingerprint density at radius 1 is 1.19 bits per heavy atom. The molecule has 5 heteroatoms. The van der Waals surface area contributed by atoms with Gasteiger partial charge in [0.1, 0.15) is 0 Å². The monoisotopic (exact) mass is 371 g/mol. The van der Waals surface area contributed by atoms with Crippen molar-refractivity contribution in [3.8, 4) is 0 Å². The highest BCUT2D eigenvalue weighted by Gasteiger charge is 2.30. The lowest BCUT2D eigenvalue weighted by molar-refractivity contribution is 0.242. The fourth-order valence-corrected chi connectivity index (χ4v) is 4.43. The molecular weight excluding hydrogens is 334 g/mol. The number of aliphatic imine (C=N–C) groups is 1. The second kappa shape index (κ2) is 10.1. The van der Waals surface area contributed by atoms with Gasteiger partial charge in [-0.05, 0) is 45.3 Å². The summed E-state index contributed by atoms with van der Waals surface area (Å²) in [6.45, 7) is 3.28. The zero-order chi connectivity index (χ0) is 19.1. The third-order valence-corrected chi connectivity index (χ3v) is 6.17. The minimum atomic E-state index is 0.435. The molecule has 150 valence electrons. The summed E-state index contributed by atoms with van der Waals surface area (Å²) in [6, 6.07) is 12.5. The van der Waals surface area contributed by atoms with Gasteiger partial charge in [-0.25, -0.2) is 0 Å². The first-order valence-corrected chi connectivity index (χ1v) is 10.6. The van der Waals surface area contributed by atoms with Crippen molar-refractivity contribution in [1.82, 2.24) is 20.4 Å². The molecule has 2 N–H and O–H groups in total. The van der Waals surface area contributed by atoms with Gasteiger partial charge in [-0.15, -0.1) is 0 Å². The molecule has 1 aromatic carbocycles. The molecular formula is C22H37N5. The van der Waals surface area contributed by atoms with Gasteiger partial charge in [-0.3, -0.25) is 9.89 Å². The van der Waals surface area contributed by atoms with Crippen LogP contribution in [-0.4, -0.2) is 74.7 Å². The maximum atomic E-state index is 4.47. The van der Waals surface area contributed by atoms with E-state index in [1.54, 1.807) is 0 Å². The van der Waals surface area contributed by atoms with Crippen LogP contribution in [0.1, 0.15) is 37.7 Å². The summed E-state index contributed by atoms with van der Waals surface area (Å²) in [7, 11) is 6.19. The lowest BCUT2D eigenvalue weighted by Crippen LogP contribution is -2.49. The molecule has 2 aliphatic rings. The summed E-state index contributed by atoms with van der Waals surface area (Å²) in [4.78, 5) is 9.46. The summed E-state index contributed by atoms with van der Waals surface area (Å²) >= 11 is 0. The first-order valence-electron chi connectivity index (χ1n) is 10.6. The zero-order valence-electron chi connectivity index (χ0n) is 17.3. The summed E-state index contributed by atoms with van der Waals surface area (Å²) in [5.41, 5.74) is 1.38. The summed E-state index contributed by atoms with van der Waals surface area (Å²) in [5.74, 6) is 0.938. The van der Waals surface area contributed by atoms with Crippen molar-refractivity contribution in [2.45, 2.75) is 56.7 Å². The lowest BCUT2D eigenvalue weighted by Gasteiger charge is -2.27. The van der Waals surface area contributed by atoms with Gasteiger partial charge in [-0.1, -0.05) is 43.2 Å². The van der Waals surface area contributed by atoms with Gasteiger partial charge >= 0.3 is 0 Å². The Bertz CT molecular complexity index is 580. The van der Waals surface area contributed by atoms with E-state index in [1.165, 1.54) is 44.2 Å². The molecule has 1 saturated heterocycles. The van der Waals surface area contributed by atoms with Gasteiger partial charge in [0.05, 0.1) is 0 Å². The van der Waals surface area contributed by atoms with Crippen LogP contribution in [0.4, 0.5) is 0 Å². The molecule has 0 spiro atoms. The smallest absolute Gasteiger partial charge is 0.191 e. The number of guanidine groups is 1. The van der Waals surface area contributed by atoms with Crippen molar-refractivity contribution < 1.29 is 0 Å². The standard InChI is InChI=1S/C22H37N5/c1-23-22(25-19-13-14-27(17-19)20-11-7-8-12-20)24-16-21(26(2)3)15-18-9-5-4-6-10-18/h4-6,9-10,19-21H,7-8,11-17H2,1-3H3,(H2,23,24,25). The molecule has 2 atom stereocenters. The van der Waals surface area contributed by atoms with Crippen LogP contribution in [0.5, 0.6) is 0 Å². The molecule has 0 bridgehead atoms. The van der Waals surface area contributed by atoms with E-state index in [1.807, 2.05) is 7.05 Å². The predicted molar refractivity (Wildman–Crippen MR) is 114 cm³/mol. The van der Waals surface area contributed by atoms with E-state index in [4.69, 9.17) is 0 Å². The summed E-state index contributed by atoms with van der Waals surface area (Å²) in [5, 5.41) is 7.22. The van der Waals surface area contributed by atoms with Crippen molar-refractivity contribution in [2.24, 2.45) is 4.99 Å². The van der Waals surface area contributed by atoms with Crippen LogP contribution in [0.3, 0.4) is 0 Å². The number of nitrogens with zero attached hydrogens (tertiary/aromatic N) is 3. The molecule has 2 unspecified atom stereocenters. The summed E-state index contributed by atoms with van der Waals surface area (Å²) in [6.07, 6.45) is 7.87. The quantitative estimate of drug-likeness (QED) is 0.570. The highest BCUT2D eigenvalue weighted by Crippen LogP contribution is 2.26. The fraction of sp³-hybridized carbons (Fsp3) is 0.682. The molecule has 0 radical (unpaired) electrons. The molecule has 5 nitrogen and oxygen atoms in total. The van der Waals surface area contributed by atoms with Gasteiger partial charge in [-0.2, -0.15) is 0 Å².